The summed E-state index contributed by atoms with van der Waals surface area (Å²) >= 11 is 0. The first-order valence-electron chi connectivity index (χ1n) is 10.4. The largest absolute Gasteiger partial charge is 0.320 e. The van der Waals surface area contributed by atoms with Crippen molar-refractivity contribution < 1.29 is 18.1 Å². The van der Waals surface area contributed by atoms with E-state index in [4.69, 9.17) is 0 Å². The molecule has 1 saturated heterocycles. The van der Waals surface area contributed by atoms with E-state index in [0.717, 1.165) is 19.3 Å². The summed E-state index contributed by atoms with van der Waals surface area (Å²) in [4.78, 5) is 23.4. The van der Waals surface area contributed by atoms with E-state index in [1.165, 1.54) is 39.3 Å². The lowest BCUT2D eigenvalue weighted by Gasteiger charge is -2.26. The minimum absolute atomic E-state index is 0.0193. The lowest BCUT2D eigenvalue weighted by molar-refractivity contribution is -0.384. The molecule has 0 unspecified atom stereocenters. The quantitative estimate of drug-likeness (QED) is 0.431. The van der Waals surface area contributed by atoms with Crippen LogP contribution in [0, 0.1) is 17.0 Å². The smallest absolute Gasteiger partial charge is 0.278 e. The third kappa shape index (κ3) is 4.61. The van der Waals surface area contributed by atoms with Crippen LogP contribution in [0.3, 0.4) is 0 Å². The highest BCUT2D eigenvalue weighted by Gasteiger charge is 2.26. The van der Waals surface area contributed by atoms with Crippen molar-refractivity contribution in [3.05, 3.63) is 70.0 Å². The van der Waals surface area contributed by atoms with Gasteiger partial charge in [0, 0.05) is 30.9 Å². The summed E-state index contributed by atoms with van der Waals surface area (Å²) in [6, 6.07) is 11.9. The molecule has 0 atom stereocenters. The number of nitrogens with one attached hydrogen (secondary N) is 1. The molecule has 1 aromatic heterocycles. The molecule has 1 N–H and O–H groups in total. The standard InChI is InChI=1S/C21H22N6O5S/c1-15-20(23-24-26(15)17-8-6-9-18(14-17)27(29)30)21(28)22-16-7-5-10-19(13-16)33(31,32)25-11-3-2-4-12-25/h5-10,13-14H,2-4,11-12H2,1H3,(H,22,28). The molecule has 4 rings (SSSR count). The van der Waals surface area contributed by atoms with Crippen molar-refractivity contribution in [1.29, 1.82) is 0 Å². The Morgan fingerprint density at radius 2 is 1.82 bits per heavy atom. The first-order chi connectivity index (χ1) is 15.8. The molecule has 1 aliphatic heterocycles. The molecule has 33 heavy (non-hydrogen) atoms. The van der Waals surface area contributed by atoms with Gasteiger partial charge in [-0.05, 0) is 44.0 Å². The Morgan fingerprint density at radius 3 is 2.55 bits per heavy atom. The van der Waals surface area contributed by atoms with Crippen LogP contribution in [0.5, 0.6) is 0 Å². The molecule has 0 aliphatic carbocycles. The van der Waals surface area contributed by atoms with Crippen LogP contribution in [-0.2, 0) is 10.0 Å². The molecule has 0 saturated carbocycles. The van der Waals surface area contributed by atoms with E-state index in [1.807, 2.05) is 0 Å². The molecular weight excluding hydrogens is 448 g/mol. The second kappa shape index (κ2) is 9.08. The van der Waals surface area contributed by atoms with Gasteiger partial charge in [0.05, 0.1) is 21.2 Å². The van der Waals surface area contributed by atoms with E-state index < -0.39 is 20.9 Å². The molecule has 2 heterocycles. The van der Waals surface area contributed by atoms with E-state index in [1.54, 1.807) is 25.1 Å². The molecular formula is C21H22N6O5S. The fourth-order valence-corrected chi connectivity index (χ4v) is 5.26. The second-order valence-electron chi connectivity index (χ2n) is 7.66. The van der Waals surface area contributed by atoms with Gasteiger partial charge >= 0.3 is 0 Å². The Balaban J connectivity index is 1.56. The van der Waals surface area contributed by atoms with Crippen LogP contribution < -0.4 is 5.32 Å². The van der Waals surface area contributed by atoms with E-state index in [0.29, 0.717) is 30.2 Å². The normalized spacial score (nSPS) is 14.7. The third-order valence-electron chi connectivity index (χ3n) is 5.44. The lowest BCUT2D eigenvalue weighted by atomic mass is 10.2. The number of sulfonamides is 1. The number of hydrogen-bond donors (Lipinski definition) is 1. The lowest BCUT2D eigenvalue weighted by Crippen LogP contribution is -2.35. The summed E-state index contributed by atoms with van der Waals surface area (Å²) in [6.07, 6.45) is 2.67. The third-order valence-corrected chi connectivity index (χ3v) is 7.33. The van der Waals surface area contributed by atoms with Crippen molar-refractivity contribution >= 4 is 27.3 Å². The number of amides is 1. The van der Waals surface area contributed by atoms with Gasteiger partial charge in [0.1, 0.15) is 0 Å². The highest BCUT2D eigenvalue weighted by Crippen LogP contribution is 2.24. The Labute approximate surface area is 190 Å². The number of anilines is 1. The fraction of sp³-hybridized carbons (Fsp3) is 0.286. The summed E-state index contributed by atoms with van der Waals surface area (Å²) in [6.45, 7) is 2.59. The van der Waals surface area contributed by atoms with Crippen molar-refractivity contribution in [2.24, 2.45) is 0 Å². The van der Waals surface area contributed by atoms with Gasteiger partial charge in [0.25, 0.3) is 11.6 Å². The number of piperidine rings is 1. The molecule has 11 nitrogen and oxygen atoms in total. The summed E-state index contributed by atoms with van der Waals surface area (Å²) in [7, 11) is -3.64. The summed E-state index contributed by atoms with van der Waals surface area (Å²) in [5, 5.41) is 21.6. The number of nitro groups is 1. The number of hydrogen-bond acceptors (Lipinski definition) is 7. The second-order valence-corrected chi connectivity index (χ2v) is 9.60. The van der Waals surface area contributed by atoms with Gasteiger partial charge in [-0.2, -0.15) is 4.31 Å². The zero-order chi connectivity index (χ0) is 23.6. The predicted octanol–water partition coefficient (Wildman–Crippen LogP) is 2.91. The molecule has 3 aromatic rings. The Morgan fingerprint density at radius 1 is 1.09 bits per heavy atom. The minimum atomic E-state index is -3.64. The zero-order valence-corrected chi connectivity index (χ0v) is 18.7. The monoisotopic (exact) mass is 470 g/mol. The highest BCUT2D eigenvalue weighted by molar-refractivity contribution is 7.89. The number of aromatic nitrogens is 3. The van der Waals surface area contributed by atoms with Gasteiger partial charge in [-0.3, -0.25) is 14.9 Å². The van der Waals surface area contributed by atoms with Crippen LogP contribution in [0.2, 0.25) is 0 Å². The number of non-ortho nitro benzene ring substituents is 1. The van der Waals surface area contributed by atoms with Crippen molar-refractivity contribution in [2.45, 2.75) is 31.1 Å². The number of benzene rings is 2. The van der Waals surface area contributed by atoms with Crippen LogP contribution in [0.15, 0.2) is 53.4 Å². The maximum atomic E-state index is 12.9. The van der Waals surface area contributed by atoms with Crippen LogP contribution in [0.25, 0.3) is 5.69 Å². The topological polar surface area (TPSA) is 140 Å². The molecule has 0 spiro atoms. The number of carbonyl (C=O) groups is 1. The average molecular weight is 471 g/mol. The van der Waals surface area contributed by atoms with Gasteiger partial charge in [-0.25, -0.2) is 13.1 Å². The van der Waals surface area contributed by atoms with Crippen molar-refractivity contribution in [3.8, 4) is 5.69 Å². The van der Waals surface area contributed by atoms with E-state index in [-0.39, 0.29) is 16.3 Å². The predicted molar refractivity (Wildman–Crippen MR) is 120 cm³/mol. The number of carbonyl (C=O) groups excluding carboxylic acids is 1. The summed E-state index contributed by atoms with van der Waals surface area (Å²) < 4.78 is 28.6. The zero-order valence-electron chi connectivity index (χ0n) is 17.8. The van der Waals surface area contributed by atoms with Crippen molar-refractivity contribution in [2.75, 3.05) is 18.4 Å². The molecule has 172 valence electrons. The minimum Gasteiger partial charge on any atom is -0.320 e. The Hall–Kier alpha value is -3.64. The van der Waals surface area contributed by atoms with Crippen LogP contribution >= 0.6 is 0 Å². The Bertz CT molecular complexity index is 1310. The number of nitro benzene ring substituents is 1. The van der Waals surface area contributed by atoms with Gasteiger partial charge in [-0.1, -0.05) is 23.8 Å². The average Bonchev–Trinajstić information content (AvgIpc) is 3.21. The van der Waals surface area contributed by atoms with Crippen LogP contribution in [0.1, 0.15) is 35.4 Å². The molecule has 0 bridgehead atoms. The van der Waals surface area contributed by atoms with Gasteiger partial charge in [-0.15, -0.1) is 5.10 Å². The van der Waals surface area contributed by atoms with Crippen molar-refractivity contribution in [3.63, 3.8) is 0 Å². The van der Waals surface area contributed by atoms with E-state index in [9.17, 15) is 23.3 Å². The van der Waals surface area contributed by atoms with Crippen molar-refractivity contribution in [1.82, 2.24) is 19.3 Å². The molecule has 1 aliphatic rings. The summed E-state index contributed by atoms with van der Waals surface area (Å²) in [5.41, 5.74) is 0.987. The van der Waals surface area contributed by atoms with E-state index in [2.05, 4.69) is 15.6 Å². The maximum absolute atomic E-state index is 12.9. The maximum Gasteiger partial charge on any atom is 0.278 e. The van der Waals surface area contributed by atoms with Crippen LogP contribution in [-0.4, -0.2) is 51.6 Å². The van der Waals surface area contributed by atoms with Crippen LogP contribution in [0.4, 0.5) is 11.4 Å². The molecule has 12 heteroatoms. The summed E-state index contributed by atoms with van der Waals surface area (Å²) in [5.74, 6) is -0.572. The molecule has 1 amide bonds. The first-order valence-corrected chi connectivity index (χ1v) is 11.8. The van der Waals surface area contributed by atoms with Gasteiger partial charge < -0.3 is 5.32 Å². The molecule has 1 fully saturated rings. The fourth-order valence-electron chi connectivity index (χ4n) is 3.70. The number of rotatable bonds is 6. The van der Waals surface area contributed by atoms with Gasteiger partial charge in [0.15, 0.2) is 5.69 Å². The number of nitrogens with zero attached hydrogens (tertiary/aromatic N) is 5. The Kier molecular flexibility index (Phi) is 6.20. The SMILES string of the molecule is Cc1c(C(=O)Nc2cccc(S(=O)(=O)N3CCCCC3)c2)nnn1-c1cccc([N+](=O)[O-])c1. The van der Waals surface area contributed by atoms with E-state index >= 15 is 0 Å². The first kappa shape index (κ1) is 22.6. The van der Waals surface area contributed by atoms with Gasteiger partial charge in [0.2, 0.25) is 10.0 Å². The molecule has 0 radical (unpaired) electrons. The highest BCUT2D eigenvalue weighted by atomic mass is 32.2. The molecule has 2 aromatic carbocycles.